The number of nitrogens with one attached hydrogen (secondary N) is 1. The zero-order valence-electron chi connectivity index (χ0n) is 11.6. The van der Waals surface area contributed by atoms with Crippen molar-refractivity contribution in [2.45, 2.75) is 38.5 Å². The first kappa shape index (κ1) is 15.9. The lowest BCUT2D eigenvalue weighted by atomic mass is 10.0. The van der Waals surface area contributed by atoms with Gasteiger partial charge in [-0.05, 0) is 49.5 Å². The van der Waals surface area contributed by atoms with Crippen LogP contribution in [0.15, 0.2) is 29.3 Å². The normalized spacial score (nSPS) is 15.0. The van der Waals surface area contributed by atoms with E-state index in [-0.39, 0.29) is 5.57 Å². The summed E-state index contributed by atoms with van der Waals surface area (Å²) in [5, 5.41) is 12.9. The Labute approximate surface area is 134 Å². The average molecular weight is 323 g/mol. The summed E-state index contributed by atoms with van der Waals surface area (Å²) in [7, 11) is 0. The van der Waals surface area contributed by atoms with Crippen LogP contribution in [0.25, 0.3) is 0 Å². The molecular weight excluding hydrogens is 307 g/mol. The monoisotopic (exact) mass is 322 g/mol. The quantitative estimate of drug-likeness (QED) is 0.467. The van der Waals surface area contributed by atoms with Crippen LogP contribution < -0.4 is 5.32 Å². The van der Waals surface area contributed by atoms with Crippen molar-refractivity contribution in [1.82, 2.24) is 0 Å². The van der Waals surface area contributed by atoms with E-state index in [4.69, 9.17) is 23.2 Å². The maximum Gasteiger partial charge on any atom is 0.266 e. The lowest BCUT2D eigenvalue weighted by Gasteiger charge is -2.10. The van der Waals surface area contributed by atoms with Crippen LogP contribution in [0.2, 0.25) is 10.0 Å². The Hall–Kier alpha value is -1.50. The van der Waals surface area contributed by atoms with E-state index in [1.165, 1.54) is 0 Å². The molecule has 1 saturated carbocycles. The van der Waals surface area contributed by atoms with Crippen LogP contribution in [0.5, 0.6) is 0 Å². The fraction of sp³-hybridized carbons (Fsp3) is 0.375. The lowest BCUT2D eigenvalue weighted by Crippen LogP contribution is -2.15. The van der Waals surface area contributed by atoms with Crippen LogP contribution in [0.3, 0.4) is 0 Å². The molecule has 0 atom stereocenters. The van der Waals surface area contributed by atoms with Gasteiger partial charge in [0.2, 0.25) is 0 Å². The molecule has 21 heavy (non-hydrogen) atoms. The Bertz CT molecular complexity index is 607. The summed E-state index contributed by atoms with van der Waals surface area (Å²) in [6.45, 7) is 0. The maximum absolute atomic E-state index is 12.3. The third-order valence-electron chi connectivity index (χ3n) is 3.58. The van der Waals surface area contributed by atoms with Crippen molar-refractivity contribution in [3.63, 3.8) is 0 Å². The van der Waals surface area contributed by atoms with E-state index in [1.807, 2.05) is 6.07 Å². The SMILES string of the molecule is N#CC(C(=O)Nc1cc(Cl)ccc1Cl)=C1CCCCCC1. The molecule has 110 valence electrons. The van der Waals surface area contributed by atoms with Gasteiger partial charge in [-0.25, -0.2) is 0 Å². The molecule has 1 aliphatic carbocycles. The summed E-state index contributed by atoms with van der Waals surface area (Å²) in [5.74, 6) is -0.404. The van der Waals surface area contributed by atoms with Gasteiger partial charge in [0.15, 0.2) is 0 Å². The number of anilines is 1. The molecular formula is C16H16Cl2N2O. The lowest BCUT2D eigenvalue weighted by molar-refractivity contribution is -0.112. The number of halogens is 2. The number of benzene rings is 1. The number of amides is 1. The Morgan fingerprint density at radius 3 is 2.43 bits per heavy atom. The highest BCUT2D eigenvalue weighted by Gasteiger charge is 2.17. The third kappa shape index (κ3) is 4.23. The summed E-state index contributed by atoms with van der Waals surface area (Å²) < 4.78 is 0. The third-order valence-corrected chi connectivity index (χ3v) is 4.14. The molecule has 1 aromatic rings. The van der Waals surface area contributed by atoms with Crippen LogP contribution in [0, 0.1) is 11.3 Å². The molecule has 3 nitrogen and oxygen atoms in total. The molecule has 0 unspecified atom stereocenters. The molecule has 0 heterocycles. The van der Waals surface area contributed by atoms with E-state index in [9.17, 15) is 10.1 Å². The van der Waals surface area contributed by atoms with Gasteiger partial charge in [-0.2, -0.15) is 5.26 Å². The minimum atomic E-state index is -0.404. The molecule has 0 aliphatic heterocycles. The van der Waals surface area contributed by atoms with Gasteiger partial charge in [-0.1, -0.05) is 36.0 Å². The fourth-order valence-electron chi connectivity index (χ4n) is 2.47. The Kier molecular flexibility index (Phi) is 5.67. The van der Waals surface area contributed by atoms with Crippen molar-refractivity contribution < 1.29 is 4.79 Å². The highest BCUT2D eigenvalue weighted by molar-refractivity contribution is 6.36. The van der Waals surface area contributed by atoms with E-state index in [0.29, 0.717) is 15.7 Å². The minimum Gasteiger partial charge on any atom is -0.320 e. The van der Waals surface area contributed by atoms with Gasteiger partial charge in [0, 0.05) is 5.02 Å². The average Bonchev–Trinajstić information content (AvgIpc) is 2.73. The maximum atomic E-state index is 12.3. The summed E-state index contributed by atoms with van der Waals surface area (Å²) in [6.07, 6.45) is 6.02. The van der Waals surface area contributed by atoms with Crippen LogP contribution in [-0.4, -0.2) is 5.91 Å². The van der Waals surface area contributed by atoms with Gasteiger partial charge in [0.1, 0.15) is 11.6 Å². The molecule has 0 spiro atoms. The van der Waals surface area contributed by atoms with Gasteiger partial charge >= 0.3 is 0 Å². The number of hydrogen-bond acceptors (Lipinski definition) is 2. The number of hydrogen-bond donors (Lipinski definition) is 1. The smallest absolute Gasteiger partial charge is 0.266 e. The summed E-state index contributed by atoms with van der Waals surface area (Å²) in [5.41, 5.74) is 1.59. The zero-order valence-corrected chi connectivity index (χ0v) is 13.1. The highest BCUT2D eigenvalue weighted by Crippen LogP contribution is 2.28. The van der Waals surface area contributed by atoms with Crippen molar-refractivity contribution in [1.29, 1.82) is 5.26 Å². The highest BCUT2D eigenvalue weighted by atomic mass is 35.5. The first-order valence-electron chi connectivity index (χ1n) is 7.00. The molecule has 0 aromatic heterocycles. The van der Waals surface area contributed by atoms with Crippen molar-refractivity contribution in [2.24, 2.45) is 0 Å². The van der Waals surface area contributed by atoms with E-state index >= 15 is 0 Å². The second-order valence-electron chi connectivity index (χ2n) is 5.08. The molecule has 1 N–H and O–H groups in total. The van der Waals surface area contributed by atoms with E-state index in [0.717, 1.165) is 44.1 Å². The predicted octanol–water partition coefficient (Wildman–Crippen LogP) is 5.11. The van der Waals surface area contributed by atoms with E-state index in [1.54, 1.807) is 18.2 Å². The molecule has 5 heteroatoms. The van der Waals surface area contributed by atoms with Crippen LogP contribution in [0.4, 0.5) is 5.69 Å². The predicted molar refractivity (Wildman–Crippen MR) is 85.4 cm³/mol. The number of carbonyl (C=O) groups is 1. The van der Waals surface area contributed by atoms with Gasteiger partial charge in [-0.15, -0.1) is 0 Å². The number of nitrogens with zero attached hydrogens (tertiary/aromatic N) is 1. The van der Waals surface area contributed by atoms with Crippen molar-refractivity contribution in [3.8, 4) is 6.07 Å². The number of carbonyl (C=O) groups excluding carboxylic acids is 1. The second-order valence-corrected chi connectivity index (χ2v) is 5.93. The summed E-state index contributed by atoms with van der Waals surface area (Å²) >= 11 is 11.9. The van der Waals surface area contributed by atoms with E-state index in [2.05, 4.69) is 5.32 Å². The molecule has 0 bridgehead atoms. The number of rotatable bonds is 2. The fourth-order valence-corrected chi connectivity index (χ4v) is 2.81. The molecule has 1 amide bonds. The first-order valence-corrected chi connectivity index (χ1v) is 7.76. The Morgan fingerprint density at radius 2 is 1.81 bits per heavy atom. The molecule has 2 rings (SSSR count). The van der Waals surface area contributed by atoms with Crippen LogP contribution in [-0.2, 0) is 4.79 Å². The summed E-state index contributed by atoms with van der Waals surface area (Å²) in [6, 6.07) is 6.89. The Balaban J connectivity index is 2.22. The van der Waals surface area contributed by atoms with Gasteiger partial charge in [0.25, 0.3) is 5.91 Å². The van der Waals surface area contributed by atoms with Crippen molar-refractivity contribution in [2.75, 3.05) is 5.32 Å². The Morgan fingerprint density at radius 1 is 1.14 bits per heavy atom. The van der Waals surface area contributed by atoms with Gasteiger partial charge in [0.05, 0.1) is 10.7 Å². The zero-order chi connectivity index (χ0) is 15.2. The van der Waals surface area contributed by atoms with Crippen LogP contribution >= 0.6 is 23.2 Å². The van der Waals surface area contributed by atoms with Gasteiger partial charge < -0.3 is 5.32 Å². The van der Waals surface area contributed by atoms with Crippen LogP contribution in [0.1, 0.15) is 38.5 Å². The second kappa shape index (κ2) is 7.49. The van der Waals surface area contributed by atoms with E-state index < -0.39 is 5.91 Å². The topological polar surface area (TPSA) is 52.9 Å². The number of nitriles is 1. The molecule has 1 aliphatic rings. The molecule has 1 fully saturated rings. The summed E-state index contributed by atoms with van der Waals surface area (Å²) in [4.78, 5) is 12.3. The standard InChI is InChI=1S/C16H16Cl2N2O/c17-12-7-8-14(18)15(9-12)20-16(21)13(10-19)11-5-3-1-2-4-6-11/h7-9H,1-6H2,(H,20,21). The number of allylic oxidation sites excluding steroid dienone is 1. The van der Waals surface area contributed by atoms with Crippen molar-refractivity contribution >= 4 is 34.8 Å². The van der Waals surface area contributed by atoms with Crippen molar-refractivity contribution in [3.05, 3.63) is 39.4 Å². The molecule has 1 aromatic carbocycles. The first-order chi connectivity index (χ1) is 10.1. The molecule has 0 radical (unpaired) electrons. The minimum absolute atomic E-state index is 0.216. The molecule has 0 saturated heterocycles. The largest absolute Gasteiger partial charge is 0.320 e. The van der Waals surface area contributed by atoms with Gasteiger partial charge in [-0.3, -0.25) is 4.79 Å².